The maximum Gasteiger partial charge on any atom is 0.291 e. The average Bonchev–Trinajstić information content (AvgIpc) is 2.81. The maximum absolute atomic E-state index is 12.8. The van der Waals surface area contributed by atoms with Crippen molar-refractivity contribution in [2.45, 2.75) is 38.1 Å². The summed E-state index contributed by atoms with van der Waals surface area (Å²) in [5.74, 6) is -0.300. The van der Waals surface area contributed by atoms with Crippen LogP contribution in [0.4, 0.5) is 5.69 Å². The van der Waals surface area contributed by atoms with Gasteiger partial charge in [-0.25, -0.2) is 0 Å². The number of nitrogens with zero attached hydrogens (tertiary/aromatic N) is 2. The quantitative estimate of drug-likeness (QED) is 0.586. The number of rotatable bonds is 4. The van der Waals surface area contributed by atoms with Crippen LogP contribution < -0.4 is 5.32 Å². The summed E-state index contributed by atoms with van der Waals surface area (Å²) < 4.78 is 0. The number of nitrogens with one attached hydrogen (secondary N) is 1. The van der Waals surface area contributed by atoms with Crippen LogP contribution in [0.25, 0.3) is 10.8 Å². The van der Waals surface area contributed by atoms with Gasteiger partial charge in [0.05, 0.1) is 6.04 Å². The number of carbonyl (C=O) groups is 2. The van der Waals surface area contributed by atoms with Crippen molar-refractivity contribution in [2.24, 2.45) is 10.2 Å². The van der Waals surface area contributed by atoms with E-state index in [-0.39, 0.29) is 17.9 Å². The van der Waals surface area contributed by atoms with E-state index in [1.165, 1.54) is 0 Å². The molecule has 0 fully saturated rings. The summed E-state index contributed by atoms with van der Waals surface area (Å²) >= 11 is 0. The van der Waals surface area contributed by atoms with E-state index in [4.69, 9.17) is 0 Å². The monoisotopic (exact) mass is 409 g/mol. The lowest BCUT2D eigenvalue weighted by atomic mass is 9.84. The molecule has 3 aromatic carbocycles. The lowest BCUT2D eigenvalue weighted by molar-refractivity contribution is -0.115. The molecule has 0 bridgehead atoms. The van der Waals surface area contributed by atoms with Gasteiger partial charge in [0.25, 0.3) is 11.8 Å². The van der Waals surface area contributed by atoms with Crippen LogP contribution in [0.15, 0.2) is 88.1 Å². The Kier molecular flexibility index (Phi) is 5.16. The number of benzene rings is 3. The summed E-state index contributed by atoms with van der Waals surface area (Å²) in [6, 6.07) is 21.5. The summed E-state index contributed by atoms with van der Waals surface area (Å²) in [4.78, 5) is 24.8. The van der Waals surface area contributed by atoms with E-state index >= 15 is 0 Å². The zero-order chi connectivity index (χ0) is 21.2. The predicted octanol–water partition coefficient (Wildman–Crippen LogP) is 5.87. The molecule has 5 heteroatoms. The van der Waals surface area contributed by atoms with E-state index in [1.807, 2.05) is 66.7 Å². The first-order valence-electron chi connectivity index (χ1n) is 10.7. The highest BCUT2D eigenvalue weighted by Crippen LogP contribution is 2.33. The summed E-state index contributed by atoms with van der Waals surface area (Å²) in [5, 5.41) is 13.3. The van der Waals surface area contributed by atoms with Gasteiger partial charge < -0.3 is 5.32 Å². The minimum absolute atomic E-state index is 0.0839. The smallest absolute Gasteiger partial charge is 0.291 e. The van der Waals surface area contributed by atoms with E-state index in [0.717, 1.165) is 58.9 Å². The Balaban J connectivity index is 1.33. The molecule has 1 N–H and O–H groups in total. The Morgan fingerprint density at radius 2 is 1.77 bits per heavy atom. The van der Waals surface area contributed by atoms with Crippen molar-refractivity contribution >= 4 is 28.3 Å². The highest BCUT2D eigenvalue weighted by atomic mass is 16.2. The van der Waals surface area contributed by atoms with Crippen LogP contribution in [0.5, 0.6) is 0 Å². The number of amides is 2. The van der Waals surface area contributed by atoms with Crippen LogP contribution in [0, 0.1) is 0 Å². The van der Waals surface area contributed by atoms with E-state index in [0.29, 0.717) is 12.0 Å². The van der Waals surface area contributed by atoms with E-state index in [9.17, 15) is 9.59 Å². The van der Waals surface area contributed by atoms with Gasteiger partial charge in [0, 0.05) is 23.2 Å². The van der Waals surface area contributed by atoms with Crippen LogP contribution in [-0.4, -0.2) is 17.9 Å². The predicted molar refractivity (Wildman–Crippen MR) is 121 cm³/mol. The zero-order valence-corrected chi connectivity index (χ0v) is 17.2. The molecule has 1 atom stereocenters. The molecular weight excluding hydrogens is 386 g/mol. The van der Waals surface area contributed by atoms with Crippen molar-refractivity contribution in [1.82, 2.24) is 0 Å². The lowest BCUT2D eigenvalue weighted by Gasteiger charge is -2.25. The molecule has 154 valence electrons. The molecule has 1 unspecified atom stereocenters. The van der Waals surface area contributed by atoms with Gasteiger partial charge in [-0.2, -0.15) is 5.11 Å². The van der Waals surface area contributed by atoms with Gasteiger partial charge in [-0.15, -0.1) is 5.11 Å². The highest BCUT2D eigenvalue weighted by molar-refractivity contribution is 6.06. The summed E-state index contributed by atoms with van der Waals surface area (Å²) in [7, 11) is 0. The second-order valence-electron chi connectivity index (χ2n) is 8.17. The van der Waals surface area contributed by atoms with Gasteiger partial charge in [0.2, 0.25) is 0 Å². The van der Waals surface area contributed by atoms with Crippen molar-refractivity contribution in [3.05, 3.63) is 89.0 Å². The van der Waals surface area contributed by atoms with Gasteiger partial charge in [-0.3, -0.25) is 9.59 Å². The SMILES string of the molecule is O=C1N=NC(Cc2cccc(NC(=O)c3ccc4ccccc4c3)c2)C2=C1CCCC2. The zero-order valence-electron chi connectivity index (χ0n) is 17.2. The van der Waals surface area contributed by atoms with E-state index < -0.39 is 0 Å². The molecule has 1 heterocycles. The van der Waals surface area contributed by atoms with E-state index in [1.54, 1.807) is 0 Å². The summed E-state index contributed by atoms with van der Waals surface area (Å²) in [5.41, 5.74) is 4.45. The summed E-state index contributed by atoms with van der Waals surface area (Å²) in [6.07, 6.45) is 4.55. The molecule has 2 amide bonds. The Morgan fingerprint density at radius 1 is 0.935 bits per heavy atom. The molecule has 3 aromatic rings. The molecule has 0 spiro atoms. The topological polar surface area (TPSA) is 70.9 Å². The number of azo groups is 1. The molecule has 0 saturated carbocycles. The molecule has 0 saturated heterocycles. The fourth-order valence-electron chi connectivity index (χ4n) is 4.49. The Bertz CT molecular complexity index is 1240. The normalized spacial score (nSPS) is 18.2. The molecule has 5 nitrogen and oxygen atoms in total. The number of anilines is 1. The minimum atomic E-state index is -0.164. The third-order valence-electron chi connectivity index (χ3n) is 6.08. The lowest BCUT2D eigenvalue weighted by Crippen LogP contribution is -2.23. The Hall–Kier alpha value is -3.60. The molecule has 2 aliphatic rings. The van der Waals surface area contributed by atoms with Crippen LogP contribution in [0.1, 0.15) is 41.6 Å². The summed E-state index contributed by atoms with van der Waals surface area (Å²) in [6.45, 7) is 0. The van der Waals surface area contributed by atoms with Crippen LogP contribution >= 0.6 is 0 Å². The van der Waals surface area contributed by atoms with E-state index in [2.05, 4.69) is 15.5 Å². The van der Waals surface area contributed by atoms with Crippen molar-refractivity contribution in [1.29, 1.82) is 0 Å². The molecule has 1 aliphatic carbocycles. The van der Waals surface area contributed by atoms with Crippen molar-refractivity contribution < 1.29 is 9.59 Å². The fourth-order valence-corrected chi connectivity index (χ4v) is 4.49. The highest BCUT2D eigenvalue weighted by Gasteiger charge is 2.28. The van der Waals surface area contributed by atoms with Gasteiger partial charge >= 0.3 is 0 Å². The largest absolute Gasteiger partial charge is 0.322 e. The minimum Gasteiger partial charge on any atom is -0.322 e. The average molecular weight is 409 g/mol. The molecule has 0 radical (unpaired) electrons. The first-order valence-corrected chi connectivity index (χ1v) is 10.7. The van der Waals surface area contributed by atoms with Gasteiger partial charge in [-0.1, -0.05) is 42.5 Å². The first kappa shape index (κ1) is 19.4. The van der Waals surface area contributed by atoms with Crippen LogP contribution in [0.3, 0.4) is 0 Å². The molecule has 0 aromatic heterocycles. The molecule has 31 heavy (non-hydrogen) atoms. The van der Waals surface area contributed by atoms with Crippen LogP contribution in [-0.2, 0) is 11.2 Å². The first-order chi connectivity index (χ1) is 15.2. The third-order valence-corrected chi connectivity index (χ3v) is 6.08. The van der Waals surface area contributed by atoms with Gasteiger partial charge in [-0.05, 0) is 71.9 Å². The molecule has 5 rings (SSSR count). The van der Waals surface area contributed by atoms with Gasteiger partial charge in [0.15, 0.2) is 0 Å². The maximum atomic E-state index is 12.8. The molecular formula is C26H23N3O2. The third kappa shape index (κ3) is 4.04. The second-order valence-corrected chi connectivity index (χ2v) is 8.17. The van der Waals surface area contributed by atoms with Crippen LogP contribution in [0.2, 0.25) is 0 Å². The number of hydrogen-bond donors (Lipinski definition) is 1. The Labute approximate surface area is 180 Å². The van der Waals surface area contributed by atoms with Gasteiger partial charge in [0.1, 0.15) is 0 Å². The Morgan fingerprint density at radius 3 is 2.68 bits per heavy atom. The fraction of sp³-hybridized carbons (Fsp3) is 0.231. The number of hydrogen-bond acceptors (Lipinski definition) is 3. The standard InChI is InChI=1S/C26H23N3O2/c30-25(20-13-12-18-7-1-2-8-19(18)16-20)27-21-9-5-6-17(14-21)15-24-22-10-3-4-11-23(22)26(31)29-28-24/h1-2,5-9,12-14,16,24H,3-4,10-11,15H2,(H,27,30). The van der Waals surface area contributed by atoms with Crippen molar-refractivity contribution in [3.8, 4) is 0 Å². The van der Waals surface area contributed by atoms with Crippen molar-refractivity contribution in [3.63, 3.8) is 0 Å². The number of fused-ring (bicyclic) bond motifs is 1. The molecule has 1 aliphatic heterocycles. The second kappa shape index (κ2) is 8.26. The van der Waals surface area contributed by atoms with Crippen molar-refractivity contribution in [2.75, 3.05) is 5.32 Å². The number of carbonyl (C=O) groups excluding carboxylic acids is 2.